The van der Waals surface area contributed by atoms with Crippen LogP contribution < -0.4 is 5.32 Å². The normalized spacial score (nSPS) is 26.6. The van der Waals surface area contributed by atoms with E-state index < -0.39 is 30.3 Å². The van der Waals surface area contributed by atoms with Crippen LogP contribution in [0.5, 0.6) is 0 Å². The Hall–Kier alpha value is -2.03. The van der Waals surface area contributed by atoms with Gasteiger partial charge in [0.1, 0.15) is 24.9 Å². The van der Waals surface area contributed by atoms with Gasteiger partial charge in [0.25, 0.3) is 0 Å². The first kappa shape index (κ1) is 18.3. The number of pyridine rings is 1. The van der Waals surface area contributed by atoms with E-state index in [1.165, 1.54) is 12.4 Å². The summed E-state index contributed by atoms with van der Waals surface area (Å²) in [4.78, 5) is 27.2. The Morgan fingerprint density at radius 2 is 2.21 bits per heavy atom. The molecule has 0 spiro atoms. The average Bonchev–Trinajstić information content (AvgIpc) is 2.59. The number of amides is 1. The summed E-state index contributed by atoms with van der Waals surface area (Å²) in [5.41, 5.74) is 0.285. The molecule has 1 fully saturated rings. The fourth-order valence-electron chi connectivity index (χ4n) is 2.39. The van der Waals surface area contributed by atoms with Gasteiger partial charge in [-0.15, -0.1) is 0 Å². The number of aliphatic hydroxyl groups excluding tert-OH is 2. The number of aliphatic hydroxyl groups is 2. The van der Waals surface area contributed by atoms with Gasteiger partial charge < -0.3 is 25.0 Å². The highest BCUT2D eigenvalue weighted by Crippen LogP contribution is 2.17. The molecule has 24 heavy (non-hydrogen) atoms. The molecule has 0 aliphatic carbocycles. The molecule has 1 saturated heterocycles. The highest BCUT2D eigenvalue weighted by Gasteiger charge is 2.39. The van der Waals surface area contributed by atoms with Gasteiger partial charge in [-0.2, -0.15) is 0 Å². The molecule has 1 aliphatic heterocycles. The molecule has 2 rings (SSSR count). The van der Waals surface area contributed by atoms with Crippen LogP contribution in [0.25, 0.3) is 0 Å². The summed E-state index contributed by atoms with van der Waals surface area (Å²) >= 11 is 0. The predicted molar refractivity (Wildman–Crippen MR) is 83.1 cm³/mol. The van der Waals surface area contributed by atoms with E-state index in [1.807, 2.05) is 6.92 Å². The van der Waals surface area contributed by atoms with Gasteiger partial charge in [0, 0.05) is 18.8 Å². The number of carbonyl (C=O) groups is 2. The van der Waals surface area contributed by atoms with Crippen molar-refractivity contribution in [3.05, 3.63) is 30.1 Å². The van der Waals surface area contributed by atoms with Crippen LogP contribution >= 0.6 is 0 Å². The molecule has 1 aromatic rings. The van der Waals surface area contributed by atoms with Crippen molar-refractivity contribution < 1.29 is 29.3 Å². The van der Waals surface area contributed by atoms with E-state index in [-0.39, 0.29) is 24.7 Å². The van der Waals surface area contributed by atoms with E-state index in [1.54, 1.807) is 12.1 Å². The second kappa shape index (κ2) is 8.72. The lowest BCUT2D eigenvalue weighted by atomic mass is 9.98. The standard InChI is InChI=1S/C16H22N2O6/c1-2-4-13(19)18-11-8-23-12(15(21)14(11)20)9-24-16(22)10-5-3-6-17-7-10/h3,5-7,11-12,14-15,20-21H,2,4,8-9H2,1H3,(H,18,19)/t11-,12+,14+,15+/m0/s1. The lowest BCUT2D eigenvalue weighted by molar-refractivity contribution is -0.165. The third kappa shape index (κ3) is 4.73. The Morgan fingerprint density at radius 3 is 2.88 bits per heavy atom. The van der Waals surface area contributed by atoms with E-state index in [4.69, 9.17) is 9.47 Å². The smallest absolute Gasteiger partial charge is 0.339 e. The molecule has 3 N–H and O–H groups in total. The summed E-state index contributed by atoms with van der Waals surface area (Å²) in [6.45, 7) is 1.69. The lowest BCUT2D eigenvalue weighted by Gasteiger charge is -2.37. The molecule has 4 atom stereocenters. The zero-order chi connectivity index (χ0) is 17.5. The molecule has 0 bridgehead atoms. The molecule has 0 radical (unpaired) electrons. The topological polar surface area (TPSA) is 118 Å². The van der Waals surface area contributed by atoms with Gasteiger partial charge in [0.2, 0.25) is 5.91 Å². The van der Waals surface area contributed by atoms with Crippen molar-refractivity contribution in [1.29, 1.82) is 0 Å². The van der Waals surface area contributed by atoms with E-state index in [0.29, 0.717) is 12.8 Å². The van der Waals surface area contributed by atoms with Crippen molar-refractivity contribution in [3.8, 4) is 0 Å². The minimum Gasteiger partial charge on any atom is -0.459 e. The number of ether oxygens (including phenoxy) is 2. The first-order chi connectivity index (χ1) is 11.5. The van der Waals surface area contributed by atoms with Crippen LogP contribution in [-0.2, 0) is 14.3 Å². The summed E-state index contributed by atoms with van der Waals surface area (Å²) in [6, 6.07) is 2.47. The zero-order valence-electron chi connectivity index (χ0n) is 13.4. The van der Waals surface area contributed by atoms with Crippen LogP contribution in [-0.4, -0.2) is 64.6 Å². The highest BCUT2D eigenvalue weighted by atomic mass is 16.6. The molecular weight excluding hydrogens is 316 g/mol. The van der Waals surface area contributed by atoms with Crippen LogP contribution in [0.2, 0.25) is 0 Å². The van der Waals surface area contributed by atoms with Crippen molar-refractivity contribution in [2.45, 2.75) is 44.1 Å². The van der Waals surface area contributed by atoms with Crippen molar-refractivity contribution in [3.63, 3.8) is 0 Å². The van der Waals surface area contributed by atoms with Gasteiger partial charge in [0.05, 0.1) is 18.2 Å². The van der Waals surface area contributed by atoms with E-state index >= 15 is 0 Å². The number of nitrogens with one attached hydrogen (secondary N) is 1. The van der Waals surface area contributed by atoms with Gasteiger partial charge in [-0.1, -0.05) is 6.92 Å². The highest BCUT2D eigenvalue weighted by molar-refractivity contribution is 5.88. The fraction of sp³-hybridized carbons (Fsp3) is 0.562. The Labute approximate surface area is 139 Å². The van der Waals surface area contributed by atoms with Crippen molar-refractivity contribution in [2.75, 3.05) is 13.2 Å². The Balaban J connectivity index is 1.84. The molecule has 1 aliphatic rings. The number of hydrogen-bond acceptors (Lipinski definition) is 7. The Morgan fingerprint density at radius 1 is 1.42 bits per heavy atom. The summed E-state index contributed by atoms with van der Waals surface area (Å²) in [5.74, 6) is -0.800. The number of hydrogen-bond donors (Lipinski definition) is 3. The molecule has 0 saturated carbocycles. The van der Waals surface area contributed by atoms with Crippen LogP contribution in [0.1, 0.15) is 30.1 Å². The Bertz CT molecular complexity index is 553. The third-order valence-electron chi connectivity index (χ3n) is 3.73. The van der Waals surface area contributed by atoms with Crippen LogP contribution in [0.3, 0.4) is 0 Å². The summed E-state index contributed by atoms with van der Waals surface area (Å²) in [7, 11) is 0. The second-order valence-corrected chi connectivity index (χ2v) is 5.62. The predicted octanol–water partition coefficient (Wildman–Crippen LogP) is -0.356. The van der Waals surface area contributed by atoms with Crippen LogP contribution in [0.4, 0.5) is 0 Å². The van der Waals surface area contributed by atoms with Crippen LogP contribution in [0.15, 0.2) is 24.5 Å². The number of aromatic nitrogens is 1. The molecule has 2 heterocycles. The number of nitrogens with zero attached hydrogens (tertiary/aromatic N) is 1. The second-order valence-electron chi connectivity index (χ2n) is 5.62. The van der Waals surface area contributed by atoms with Gasteiger partial charge in [-0.3, -0.25) is 9.78 Å². The third-order valence-corrected chi connectivity index (χ3v) is 3.73. The van der Waals surface area contributed by atoms with E-state index in [9.17, 15) is 19.8 Å². The van der Waals surface area contributed by atoms with Crippen molar-refractivity contribution in [2.24, 2.45) is 0 Å². The van der Waals surface area contributed by atoms with E-state index in [0.717, 1.165) is 0 Å². The molecule has 8 nitrogen and oxygen atoms in total. The van der Waals surface area contributed by atoms with E-state index in [2.05, 4.69) is 10.3 Å². The lowest BCUT2D eigenvalue weighted by Crippen LogP contribution is -2.60. The first-order valence-electron chi connectivity index (χ1n) is 7.87. The molecule has 1 aromatic heterocycles. The zero-order valence-corrected chi connectivity index (χ0v) is 13.4. The number of esters is 1. The minimum atomic E-state index is -1.27. The largest absolute Gasteiger partial charge is 0.459 e. The van der Waals surface area contributed by atoms with Crippen molar-refractivity contribution >= 4 is 11.9 Å². The monoisotopic (exact) mass is 338 g/mol. The molecule has 132 valence electrons. The maximum atomic E-state index is 11.8. The SMILES string of the molecule is CCCC(=O)N[C@H]1CO[C@H](COC(=O)c2cccnc2)[C@@H](O)[C@@H]1O. The molecular formula is C16H22N2O6. The number of carbonyl (C=O) groups excluding carboxylic acids is 2. The van der Waals surface area contributed by atoms with Crippen molar-refractivity contribution in [1.82, 2.24) is 10.3 Å². The van der Waals surface area contributed by atoms with Gasteiger partial charge >= 0.3 is 5.97 Å². The summed E-state index contributed by atoms with van der Waals surface area (Å²) in [5, 5.41) is 22.8. The Kier molecular flexibility index (Phi) is 6.65. The summed E-state index contributed by atoms with van der Waals surface area (Å²) in [6.07, 6.45) is 0.605. The minimum absolute atomic E-state index is 0.0305. The quantitative estimate of drug-likeness (QED) is 0.606. The molecule has 0 unspecified atom stereocenters. The van der Waals surface area contributed by atoms with Gasteiger partial charge in [0.15, 0.2) is 0 Å². The van der Waals surface area contributed by atoms with Gasteiger partial charge in [-0.05, 0) is 18.6 Å². The summed E-state index contributed by atoms with van der Waals surface area (Å²) < 4.78 is 10.5. The number of rotatable bonds is 6. The molecule has 1 amide bonds. The molecule has 8 heteroatoms. The molecule has 0 aromatic carbocycles. The maximum Gasteiger partial charge on any atom is 0.339 e. The first-order valence-corrected chi connectivity index (χ1v) is 7.87. The van der Waals surface area contributed by atoms with Gasteiger partial charge in [-0.25, -0.2) is 4.79 Å². The average molecular weight is 338 g/mol. The maximum absolute atomic E-state index is 11.8. The van der Waals surface area contributed by atoms with Crippen LogP contribution in [0, 0.1) is 0 Å². The fourth-order valence-corrected chi connectivity index (χ4v) is 2.39.